The van der Waals surface area contributed by atoms with Crippen LogP contribution in [-0.4, -0.2) is 36.0 Å². The Labute approximate surface area is 118 Å². The molecule has 7 nitrogen and oxygen atoms in total. The molecule has 0 spiro atoms. The number of hydrazine groups is 1. The van der Waals surface area contributed by atoms with E-state index in [0.29, 0.717) is 11.4 Å². The lowest BCUT2D eigenvalue weighted by molar-refractivity contribution is -0.384. The molecule has 110 valence electrons. The molecular formula is C13H21N5O2. The number of rotatable bonds is 7. The lowest BCUT2D eigenvalue weighted by atomic mass is 10.2. The number of nitrogens with zero attached hydrogens (tertiary/aromatic N) is 2. The third kappa shape index (κ3) is 4.07. The largest absolute Gasteiger partial charge is 0.385 e. The summed E-state index contributed by atoms with van der Waals surface area (Å²) in [5.41, 5.74) is 3.72. The molecule has 2 rings (SSSR count). The highest BCUT2D eigenvalue weighted by molar-refractivity contribution is 5.63. The van der Waals surface area contributed by atoms with Gasteiger partial charge in [-0.25, -0.2) is 0 Å². The van der Waals surface area contributed by atoms with Gasteiger partial charge in [0.2, 0.25) is 0 Å². The van der Waals surface area contributed by atoms with Crippen LogP contribution in [-0.2, 0) is 0 Å². The summed E-state index contributed by atoms with van der Waals surface area (Å²) in [6, 6.07) is 4.70. The van der Waals surface area contributed by atoms with Crippen LogP contribution >= 0.6 is 0 Å². The molecule has 7 heteroatoms. The van der Waals surface area contributed by atoms with E-state index in [1.54, 1.807) is 6.07 Å². The molecular weight excluding hydrogens is 258 g/mol. The van der Waals surface area contributed by atoms with Crippen molar-refractivity contribution in [1.82, 2.24) is 4.90 Å². The first-order chi connectivity index (χ1) is 9.69. The van der Waals surface area contributed by atoms with Crippen molar-refractivity contribution < 1.29 is 4.92 Å². The summed E-state index contributed by atoms with van der Waals surface area (Å²) in [6.45, 7) is 4.25. The minimum Gasteiger partial charge on any atom is -0.385 e. The van der Waals surface area contributed by atoms with E-state index >= 15 is 0 Å². The van der Waals surface area contributed by atoms with Crippen molar-refractivity contribution >= 4 is 17.1 Å². The first-order valence-corrected chi connectivity index (χ1v) is 6.91. The summed E-state index contributed by atoms with van der Waals surface area (Å²) in [7, 11) is 0. The number of nitrogens with one attached hydrogen (secondary N) is 2. The second kappa shape index (κ2) is 7.06. The summed E-state index contributed by atoms with van der Waals surface area (Å²) >= 11 is 0. The average molecular weight is 279 g/mol. The first kappa shape index (κ1) is 14.5. The Balaban J connectivity index is 1.84. The van der Waals surface area contributed by atoms with Crippen molar-refractivity contribution in [2.45, 2.75) is 19.3 Å². The number of anilines is 2. The maximum atomic E-state index is 10.8. The fourth-order valence-corrected chi connectivity index (χ4v) is 2.44. The van der Waals surface area contributed by atoms with Crippen LogP contribution in [0.1, 0.15) is 19.3 Å². The van der Waals surface area contributed by atoms with Crippen LogP contribution in [0.5, 0.6) is 0 Å². The van der Waals surface area contributed by atoms with Gasteiger partial charge in [0.25, 0.3) is 5.69 Å². The van der Waals surface area contributed by atoms with E-state index in [2.05, 4.69) is 15.6 Å². The van der Waals surface area contributed by atoms with E-state index in [9.17, 15) is 10.1 Å². The predicted molar refractivity (Wildman–Crippen MR) is 79.7 cm³/mol. The normalized spacial score (nSPS) is 15.2. The first-order valence-electron chi connectivity index (χ1n) is 6.91. The van der Waals surface area contributed by atoms with Crippen molar-refractivity contribution in [3.8, 4) is 0 Å². The fraction of sp³-hybridized carbons (Fsp3) is 0.538. The van der Waals surface area contributed by atoms with E-state index in [1.165, 1.54) is 38.1 Å². The Bertz CT molecular complexity index is 460. The van der Waals surface area contributed by atoms with Crippen LogP contribution in [0.3, 0.4) is 0 Å². The molecule has 1 aromatic carbocycles. The predicted octanol–water partition coefficient (Wildman–Crippen LogP) is 1.78. The van der Waals surface area contributed by atoms with E-state index < -0.39 is 4.92 Å². The molecule has 0 radical (unpaired) electrons. The molecule has 1 heterocycles. The maximum Gasteiger partial charge on any atom is 0.273 e. The minimum absolute atomic E-state index is 0.0301. The van der Waals surface area contributed by atoms with Gasteiger partial charge in [-0.3, -0.25) is 16.0 Å². The maximum absolute atomic E-state index is 10.8. The Morgan fingerprint density at radius 1 is 1.25 bits per heavy atom. The molecule has 0 aliphatic carbocycles. The monoisotopic (exact) mass is 279 g/mol. The van der Waals surface area contributed by atoms with Crippen molar-refractivity contribution in [3.63, 3.8) is 0 Å². The third-order valence-corrected chi connectivity index (χ3v) is 3.47. The molecule has 0 atom stereocenters. The van der Waals surface area contributed by atoms with Gasteiger partial charge in [0.15, 0.2) is 0 Å². The van der Waals surface area contributed by atoms with Gasteiger partial charge < -0.3 is 15.6 Å². The molecule has 0 amide bonds. The Hall–Kier alpha value is -1.86. The van der Waals surface area contributed by atoms with Crippen molar-refractivity contribution in [2.75, 3.05) is 36.9 Å². The zero-order valence-corrected chi connectivity index (χ0v) is 11.5. The van der Waals surface area contributed by atoms with Gasteiger partial charge in [-0.15, -0.1) is 0 Å². The molecule has 0 saturated carbocycles. The molecule has 20 heavy (non-hydrogen) atoms. The number of nitrogens with two attached hydrogens (primary N) is 1. The summed E-state index contributed by atoms with van der Waals surface area (Å²) in [6.07, 6.45) is 3.61. The second-order valence-corrected chi connectivity index (χ2v) is 5.00. The van der Waals surface area contributed by atoms with Gasteiger partial charge in [0, 0.05) is 24.4 Å². The van der Waals surface area contributed by atoms with E-state index in [4.69, 9.17) is 5.84 Å². The number of nitro benzene ring substituents is 1. The van der Waals surface area contributed by atoms with Crippen LogP contribution in [0.4, 0.5) is 17.1 Å². The van der Waals surface area contributed by atoms with E-state index in [-0.39, 0.29) is 5.69 Å². The van der Waals surface area contributed by atoms with E-state index in [1.807, 2.05) is 0 Å². The smallest absolute Gasteiger partial charge is 0.273 e. The molecule has 4 N–H and O–H groups in total. The highest BCUT2D eigenvalue weighted by Crippen LogP contribution is 2.23. The second-order valence-electron chi connectivity index (χ2n) is 5.00. The van der Waals surface area contributed by atoms with Crippen molar-refractivity contribution in [2.24, 2.45) is 5.84 Å². The number of non-ortho nitro benzene ring substituents is 1. The Morgan fingerprint density at radius 2 is 1.95 bits per heavy atom. The molecule has 1 aliphatic rings. The number of hydrogen-bond acceptors (Lipinski definition) is 6. The lowest BCUT2D eigenvalue weighted by Gasteiger charge is -2.15. The van der Waals surface area contributed by atoms with Crippen molar-refractivity contribution in [3.05, 3.63) is 28.3 Å². The molecule has 0 aromatic heterocycles. The molecule has 1 aromatic rings. The van der Waals surface area contributed by atoms with E-state index in [0.717, 1.165) is 19.5 Å². The standard InChI is InChI=1S/C13H21N5O2/c14-16-12-8-11(9-13(10-12)18(19)20)15-4-3-7-17-5-1-2-6-17/h8-10,15-16H,1-7,14H2. The summed E-state index contributed by atoms with van der Waals surface area (Å²) in [5, 5.41) is 14.0. The fourth-order valence-electron chi connectivity index (χ4n) is 2.44. The zero-order valence-electron chi connectivity index (χ0n) is 11.5. The van der Waals surface area contributed by atoms with Crippen LogP contribution in [0.25, 0.3) is 0 Å². The van der Waals surface area contributed by atoms with Crippen LogP contribution < -0.4 is 16.6 Å². The van der Waals surface area contributed by atoms with Crippen LogP contribution in [0, 0.1) is 10.1 Å². The quantitative estimate of drug-likeness (QED) is 0.305. The summed E-state index contributed by atoms with van der Waals surface area (Å²) in [5.74, 6) is 5.32. The minimum atomic E-state index is -0.420. The average Bonchev–Trinajstić information content (AvgIpc) is 2.96. The lowest BCUT2D eigenvalue weighted by Crippen LogP contribution is -2.22. The van der Waals surface area contributed by atoms with Gasteiger partial charge >= 0.3 is 0 Å². The molecule has 0 unspecified atom stereocenters. The zero-order chi connectivity index (χ0) is 14.4. The van der Waals surface area contributed by atoms with Gasteiger partial charge in [0.1, 0.15) is 0 Å². The highest BCUT2D eigenvalue weighted by Gasteiger charge is 2.11. The highest BCUT2D eigenvalue weighted by atomic mass is 16.6. The topological polar surface area (TPSA) is 96.5 Å². The Morgan fingerprint density at radius 3 is 2.60 bits per heavy atom. The van der Waals surface area contributed by atoms with Gasteiger partial charge in [-0.05, 0) is 45.0 Å². The SMILES string of the molecule is NNc1cc(NCCCN2CCCC2)cc([N+](=O)[O-])c1. The Kier molecular flexibility index (Phi) is 5.14. The summed E-state index contributed by atoms with van der Waals surface area (Å²) in [4.78, 5) is 12.9. The third-order valence-electron chi connectivity index (χ3n) is 3.47. The van der Waals surface area contributed by atoms with Gasteiger partial charge in [-0.2, -0.15) is 0 Å². The number of nitro groups is 1. The number of nitrogen functional groups attached to an aromatic ring is 1. The van der Waals surface area contributed by atoms with Crippen molar-refractivity contribution in [1.29, 1.82) is 0 Å². The van der Waals surface area contributed by atoms with Crippen LogP contribution in [0.15, 0.2) is 18.2 Å². The van der Waals surface area contributed by atoms with Crippen LogP contribution in [0.2, 0.25) is 0 Å². The number of benzene rings is 1. The molecule has 1 saturated heterocycles. The van der Waals surface area contributed by atoms with Gasteiger partial charge in [0.05, 0.1) is 10.6 Å². The molecule has 0 bridgehead atoms. The molecule has 1 aliphatic heterocycles. The molecule has 1 fully saturated rings. The summed E-state index contributed by atoms with van der Waals surface area (Å²) < 4.78 is 0. The van der Waals surface area contributed by atoms with Gasteiger partial charge in [-0.1, -0.05) is 0 Å². The number of likely N-dealkylation sites (tertiary alicyclic amines) is 1. The number of hydrogen-bond donors (Lipinski definition) is 3.